The number of aliphatic hydroxyl groups is 1. The van der Waals surface area contributed by atoms with E-state index in [0.717, 1.165) is 6.07 Å². The van der Waals surface area contributed by atoms with Crippen LogP contribution in [0, 0.1) is 11.8 Å². The molecule has 0 aliphatic carbocycles. The van der Waals surface area contributed by atoms with Crippen molar-refractivity contribution in [2.24, 2.45) is 0 Å². The van der Waals surface area contributed by atoms with Crippen LogP contribution in [0.15, 0.2) is 24.3 Å². The largest absolute Gasteiger partial charge is 0.573 e. The van der Waals surface area contributed by atoms with Crippen LogP contribution in [0.3, 0.4) is 0 Å². The summed E-state index contributed by atoms with van der Waals surface area (Å²) in [5.41, 5.74) is 0.0869. The summed E-state index contributed by atoms with van der Waals surface area (Å²) in [4.78, 5) is 0. The van der Waals surface area contributed by atoms with E-state index in [4.69, 9.17) is 5.11 Å². The Bertz CT molecular complexity index is 388. The first-order valence-electron chi connectivity index (χ1n) is 3.97. The van der Waals surface area contributed by atoms with Gasteiger partial charge in [-0.1, -0.05) is 24.0 Å². The highest BCUT2D eigenvalue weighted by atomic mass is 19.4. The monoisotopic (exact) mass is 216 g/mol. The summed E-state index contributed by atoms with van der Waals surface area (Å²) < 4.78 is 39.5. The molecule has 0 aliphatic heterocycles. The average Bonchev–Trinajstić information content (AvgIpc) is 2.14. The molecule has 5 heteroatoms. The topological polar surface area (TPSA) is 29.5 Å². The van der Waals surface area contributed by atoms with Crippen molar-refractivity contribution in [2.45, 2.75) is 6.36 Å². The van der Waals surface area contributed by atoms with Crippen LogP contribution in [-0.4, -0.2) is 18.1 Å². The summed E-state index contributed by atoms with van der Waals surface area (Å²) in [6, 6.07) is 5.48. The van der Waals surface area contributed by atoms with Gasteiger partial charge in [0.05, 0.1) is 5.56 Å². The van der Waals surface area contributed by atoms with Crippen molar-refractivity contribution in [3.8, 4) is 17.6 Å². The number of hydrogen-bond acceptors (Lipinski definition) is 2. The van der Waals surface area contributed by atoms with E-state index in [1.54, 1.807) is 0 Å². The first-order valence-corrected chi connectivity index (χ1v) is 3.97. The van der Waals surface area contributed by atoms with Crippen LogP contribution in [0.4, 0.5) is 13.2 Å². The third kappa shape index (κ3) is 3.92. The molecule has 2 nitrogen and oxygen atoms in total. The van der Waals surface area contributed by atoms with Gasteiger partial charge in [-0.15, -0.1) is 13.2 Å². The molecule has 80 valence electrons. The van der Waals surface area contributed by atoms with Crippen LogP contribution in [0.1, 0.15) is 5.56 Å². The normalized spacial score (nSPS) is 10.4. The summed E-state index contributed by atoms with van der Waals surface area (Å²) in [6.45, 7) is -0.416. The Morgan fingerprint density at radius 3 is 2.53 bits per heavy atom. The number of halogens is 3. The number of ether oxygens (including phenoxy) is 1. The zero-order valence-corrected chi connectivity index (χ0v) is 7.51. The van der Waals surface area contributed by atoms with E-state index in [0.29, 0.717) is 0 Å². The number of rotatable bonds is 1. The summed E-state index contributed by atoms with van der Waals surface area (Å²) >= 11 is 0. The molecule has 0 atom stereocenters. The van der Waals surface area contributed by atoms with Gasteiger partial charge in [-0.3, -0.25) is 0 Å². The summed E-state index contributed by atoms with van der Waals surface area (Å²) in [6.07, 6.45) is -4.74. The highest BCUT2D eigenvalue weighted by Gasteiger charge is 2.31. The maximum atomic E-state index is 11.9. The fraction of sp³-hybridized carbons (Fsp3) is 0.200. The molecule has 15 heavy (non-hydrogen) atoms. The SMILES string of the molecule is OCC#Cc1ccccc1OC(F)(F)F. The lowest BCUT2D eigenvalue weighted by atomic mass is 10.2. The second-order valence-electron chi connectivity index (χ2n) is 2.50. The highest BCUT2D eigenvalue weighted by Crippen LogP contribution is 2.25. The maximum Gasteiger partial charge on any atom is 0.573 e. The van der Waals surface area contributed by atoms with Gasteiger partial charge < -0.3 is 9.84 Å². The molecule has 0 radical (unpaired) electrons. The van der Waals surface area contributed by atoms with Crippen LogP contribution < -0.4 is 4.74 Å². The number of alkyl halides is 3. The Morgan fingerprint density at radius 1 is 1.27 bits per heavy atom. The van der Waals surface area contributed by atoms with Gasteiger partial charge in [0.25, 0.3) is 0 Å². The van der Waals surface area contributed by atoms with Gasteiger partial charge in [-0.2, -0.15) is 0 Å². The van der Waals surface area contributed by atoms with Gasteiger partial charge >= 0.3 is 6.36 Å². The fourth-order valence-electron chi connectivity index (χ4n) is 0.918. The second-order valence-corrected chi connectivity index (χ2v) is 2.50. The van der Waals surface area contributed by atoms with Gasteiger partial charge in [0.1, 0.15) is 12.4 Å². The van der Waals surface area contributed by atoms with Gasteiger partial charge in [-0.25, -0.2) is 0 Å². The van der Waals surface area contributed by atoms with Crippen molar-refractivity contribution < 1.29 is 23.0 Å². The Kier molecular flexibility index (Phi) is 3.58. The zero-order chi connectivity index (χ0) is 11.3. The van der Waals surface area contributed by atoms with Crippen LogP contribution in [-0.2, 0) is 0 Å². The van der Waals surface area contributed by atoms with Gasteiger partial charge in [0.2, 0.25) is 0 Å². The van der Waals surface area contributed by atoms with Gasteiger partial charge in [-0.05, 0) is 12.1 Å². The molecular formula is C10H7F3O2. The maximum absolute atomic E-state index is 11.9. The van der Waals surface area contributed by atoms with Crippen LogP contribution in [0.2, 0.25) is 0 Å². The number of benzene rings is 1. The Hall–Kier alpha value is -1.67. The minimum atomic E-state index is -4.74. The quantitative estimate of drug-likeness (QED) is 0.727. The van der Waals surface area contributed by atoms with Gasteiger partial charge in [0.15, 0.2) is 0 Å². The van der Waals surface area contributed by atoms with E-state index in [9.17, 15) is 13.2 Å². The van der Waals surface area contributed by atoms with E-state index in [-0.39, 0.29) is 11.3 Å². The molecule has 1 rings (SSSR count). The highest BCUT2D eigenvalue weighted by molar-refractivity contribution is 5.45. The number of aliphatic hydroxyl groups excluding tert-OH is 1. The van der Waals surface area contributed by atoms with Crippen molar-refractivity contribution in [2.75, 3.05) is 6.61 Å². The molecular weight excluding hydrogens is 209 g/mol. The predicted molar refractivity (Wildman–Crippen MR) is 47.1 cm³/mol. The Morgan fingerprint density at radius 2 is 1.93 bits per heavy atom. The standard InChI is InChI=1S/C10H7F3O2/c11-10(12,13)15-9-6-2-1-4-8(9)5-3-7-14/h1-2,4,6,14H,7H2. The summed E-state index contributed by atoms with van der Waals surface area (Å²) in [5, 5.41) is 8.41. The van der Waals surface area contributed by atoms with E-state index in [1.165, 1.54) is 18.2 Å². The van der Waals surface area contributed by atoms with E-state index in [2.05, 4.69) is 16.6 Å². The molecule has 0 heterocycles. The minimum Gasteiger partial charge on any atom is -0.404 e. The van der Waals surface area contributed by atoms with Crippen molar-refractivity contribution >= 4 is 0 Å². The van der Waals surface area contributed by atoms with Crippen molar-refractivity contribution in [3.05, 3.63) is 29.8 Å². The molecule has 0 aromatic heterocycles. The first-order chi connectivity index (χ1) is 7.03. The minimum absolute atomic E-state index is 0.0869. The zero-order valence-electron chi connectivity index (χ0n) is 7.51. The molecule has 0 bridgehead atoms. The van der Waals surface area contributed by atoms with Gasteiger partial charge in [0, 0.05) is 0 Å². The Labute approximate surface area is 84.3 Å². The van der Waals surface area contributed by atoms with Crippen LogP contribution >= 0.6 is 0 Å². The molecule has 0 amide bonds. The van der Waals surface area contributed by atoms with Crippen molar-refractivity contribution in [1.29, 1.82) is 0 Å². The van der Waals surface area contributed by atoms with E-state index in [1.807, 2.05) is 0 Å². The predicted octanol–water partition coefficient (Wildman–Crippen LogP) is 1.93. The van der Waals surface area contributed by atoms with E-state index >= 15 is 0 Å². The molecule has 1 aromatic rings. The molecule has 1 aromatic carbocycles. The lowest BCUT2D eigenvalue weighted by molar-refractivity contribution is -0.274. The fourth-order valence-corrected chi connectivity index (χ4v) is 0.918. The van der Waals surface area contributed by atoms with Crippen LogP contribution in [0.25, 0.3) is 0 Å². The lowest BCUT2D eigenvalue weighted by Gasteiger charge is -2.09. The molecule has 0 saturated heterocycles. The second kappa shape index (κ2) is 4.71. The third-order valence-electron chi connectivity index (χ3n) is 1.41. The molecule has 0 spiro atoms. The molecule has 0 aliphatic rings. The molecule has 0 saturated carbocycles. The molecule has 0 fully saturated rings. The number of hydrogen-bond donors (Lipinski definition) is 1. The van der Waals surface area contributed by atoms with Crippen molar-refractivity contribution in [1.82, 2.24) is 0 Å². The lowest BCUT2D eigenvalue weighted by Crippen LogP contribution is -2.17. The third-order valence-corrected chi connectivity index (χ3v) is 1.41. The van der Waals surface area contributed by atoms with Crippen LogP contribution in [0.5, 0.6) is 5.75 Å². The molecule has 0 unspecified atom stereocenters. The molecule has 1 N–H and O–H groups in total. The smallest absolute Gasteiger partial charge is 0.404 e. The van der Waals surface area contributed by atoms with E-state index < -0.39 is 13.0 Å². The van der Waals surface area contributed by atoms with Crippen molar-refractivity contribution in [3.63, 3.8) is 0 Å². The summed E-state index contributed by atoms with van der Waals surface area (Å²) in [5.74, 6) is 4.24. The summed E-state index contributed by atoms with van der Waals surface area (Å²) in [7, 11) is 0. The first kappa shape index (κ1) is 11.4. The average molecular weight is 216 g/mol. The Balaban J connectivity index is 2.96. The number of para-hydroxylation sites is 1.